The Morgan fingerprint density at radius 3 is 2.21 bits per heavy atom. The summed E-state index contributed by atoms with van der Waals surface area (Å²) < 4.78 is 5.52. The smallest absolute Gasteiger partial charge is 0.410 e. The lowest BCUT2D eigenvalue weighted by Crippen LogP contribution is -2.50. The van der Waals surface area contributed by atoms with Gasteiger partial charge in [0.15, 0.2) is 0 Å². The second-order valence-corrected chi connectivity index (χ2v) is 8.14. The standard InChI is InChI=1S/C20H34N2O2/c1-19(2,3)22(18(23)24-20(4,5)6)16-15-21-14-10-13-17-11-8-7-9-12-17/h7-9,11-12,21H,10,13-16H2,1-6H3. The highest BCUT2D eigenvalue weighted by Gasteiger charge is 2.30. The number of nitrogens with zero attached hydrogens (tertiary/aromatic N) is 1. The van der Waals surface area contributed by atoms with Gasteiger partial charge in [-0.3, -0.25) is 0 Å². The predicted molar refractivity (Wildman–Crippen MR) is 100 cm³/mol. The minimum atomic E-state index is -0.469. The quantitative estimate of drug-likeness (QED) is 0.758. The molecular formula is C20H34N2O2. The van der Waals surface area contributed by atoms with Gasteiger partial charge in [-0.15, -0.1) is 0 Å². The Balaban J connectivity index is 2.34. The van der Waals surface area contributed by atoms with Crippen molar-refractivity contribution in [3.05, 3.63) is 35.9 Å². The molecule has 0 unspecified atom stereocenters. The van der Waals surface area contributed by atoms with Gasteiger partial charge in [-0.1, -0.05) is 30.3 Å². The van der Waals surface area contributed by atoms with Gasteiger partial charge in [0, 0.05) is 18.6 Å². The van der Waals surface area contributed by atoms with Crippen molar-refractivity contribution in [2.45, 2.75) is 65.5 Å². The first-order valence-corrected chi connectivity index (χ1v) is 8.85. The van der Waals surface area contributed by atoms with Crippen molar-refractivity contribution in [2.75, 3.05) is 19.6 Å². The molecule has 1 N–H and O–H groups in total. The van der Waals surface area contributed by atoms with Crippen molar-refractivity contribution in [1.82, 2.24) is 10.2 Å². The van der Waals surface area contributed by atoms with Gasteiger partial charge >= 0.3 is 6.09 Å². The Labute approximate surface area is 147 Å². The molecular weight excluding hydrogens is 300 g/mol. The van der Waals surface area contributed by atoms with E-state index >= 15 is 0 Å². The molecule has 0 aliphatic rings. The Hall–Kier alpha value is -1.55. The maximum absolute atomic E-state index is 12.4. The van der Waals surface area contributed by atoms with E-state index in [1.165, 1.54) is 5.56 Å². The average Bonchev–Trinajstić information content (AvgIpc) is 2.44. The molecule has 24 heavy (non-hydrogen) atoms. The third kappa shape index (κ3) is 8.34. The van der Waals surface area contributed by atoms with E-state index in [4.69, 9.17) is 4.74 Å². The number of amides is 1. The number of aryl methyl sites for hydroxylation is 1. The number of hydrogen-bond donors (Lipinski definition) is 1. The highest BCUT2D eigenvalue weighted by atomic mass is 16.6. The molecule has 0 heterocycles. The fourth-order valence-electron chi connectivity index (χ4n) is 2.40. The monoisotopic (exact) mass is 334 g/mol. The predicted octanol–water partition coefficient (Wildman–Crippen LogP) is 4.24. The average molecular weight is 335 g/mol. The summed E-state index contributed by atoms with van der Waals surface area (Å²) in [4.78, 5) is 14.2. The van der Waals surface area contributed by atoms with E-state index in [1.54, 1.807) is 4.90 Å². The molecule has 0 saturated carbocycles. The molecule has 1 rings (SSSR count). The van der Waals surface area contributed by atoms with Crippen LogP contribution in [0.3, 0.4) is 0 Å². The van der Waals surface area contributed by atoms with E-state index in [0.29, 0.717) is 6.54 Å². The van der Waals surface area contributed by atoms with Crippen LogP contribution in [0.1, 0.15) is 53.5 Å². The van der Waals surface area contributed by atoms with Crippen LogP contribution in [0.25, 0.3) is 0 Å². The van der Waals surface area contributed by atoms with Crippen LogP contribution < -0.4 is 5.32 Å². The van der Waals surface area contributed by atoms with Crippen LogP contribution >= 0.6 is 0 Å². The van der Waals surface area contributed by atoms with Crippen molar-refractivity contribution in [1.29, 1.82) is 0 Å². The van der Waals surface area contributed by atoms with Crippen LogP contribution in [0, 0.1) is 0 Å². The Morgan fingerprint density at radius 1 is 1.04 bits per heavy atom. The van der Waals surface area contributed by atoms with Crippen LogP contribution in [0.15, 0.2) is 30.3 Å². The number of hydrogen-bond acceptors (Lipinski definition) is 3. The molecule has 4 heteroatoms. The summed E-state index contributed by atoms with van der Waals surface area (Å²) >= 11 is 0. The van der Waals surface area contributed by atoms with Gasteiger partial charge in [0.1, 0.15) is 5.60 Å². The summed E-state index contributed by atoms with van der Waals surface area (Å²) in [5.41, 5.74) is 0.641. The number of carbonyl (C=O) groups is 1. The molecule has 0 aliphatic heterocycles. The molecule has 0 atom stereocenters. The Morgan fingerprint density at radius 2 is 1.67 bits per heavy atom. The third-order valence-electron chi connectivity index (χ3n) is 3.60. The van der Waals surface area contributed by atoms with Gasteiger partial charge in [0.25, 0.3) is 0 Å². The molecule has 1 amide bonds. The van der Waals surface area contributed by atoms with Crippen LogP contribution in [-0.2, 0) is 11.2 Å². The minimum Gasteiger partial charge on any atom is -0.444 e. The fraction of sp³-hybridized carbons (Fsp3) is 0.650. The second kappa shape index (κ2) is 9.07. The summed E-state index contributed by atoms with van der Waals surface area (Å²) in [5.74, 6) is 0. The van der Waals surface area contributed by atoms with Crippen molar-refractivity contribution < 1.29 is 9.53 Å². The van der Waals surface area contributed by atoms with Gasteiger partial charge in [-0.05, 0) is 66.5 Å². The largest absolute Gasteiger partial charge is 0.444 e. The first kappa shape index (κ1) is 20.5. The van der Waals surface area contributed by atoms with Crippen molar-refractivity contribution in [3.8, 4) is 0 Å². The molecule has 1 aromatic carbocycles. The molecule has 0 saturated heterocycles. The molecule has 0 aliphatic carbocycles. The van der Waals surface area contributed by atoms with E-state index in [2.05, 4.69) is 29.6 Å². The van der Waals surface area contributed by atoms with Gasteiger partial charge in [0.2, 0.25) is 0 Å². The number of benzene rings is 1. The van der Waals surface area contributed by atoms with Crippen LogP contribution in [0.5, 0.6) is 0 Å². The summed E-state index contributed by atoms with van der Waals surface area (Å²) in [6.45, 7) is 14.1. The topological polar surface area (TPSA) is 41.6 Å². The molecule has 4 nitrogen and oxygen atoms in total. The lowest BCUT2D eigenvalue weighted by molar-refractivity contribution is 0.00666. The zero-order chi connectivity index (χ0) is 18.2. The highest BCUT2D eigenvalue weighted by Crippen LogP contribution is 2.17. The van der Waals surface area contributed by atoms with Crippen LogP contribution in [0.4, 0.5) is 4.79 Å². The first-order chi connectivity index (χ1) is 11.1. The van der Waals surface area contributed by atoms with Crippen molar-refractivity contribution in [2.24, 2.45) is 0 Å². The molecule has 0 spiro atoms. The lowest BCUT2D eigenvalue weighted by Gasteiger charge is -2.36. The van der Waals surface area contributed by atoms with Crippen LogP contribution in [-0.4, -0.2) is 41.8 Å². The Kier molecular flexibility index (Phi) is 7.74. The van der Waals surface area contributed by atoms with Gasteiger partial charge < -0.3 is 15.0 Å². The molecule has 0 bridgehead atoms. The van der Waals surface area contributed by atoms with E-state index < -0.39 is 5.60 Å². The number of carbonyl (C=O) groups excluding carboxylic acids is 1. The number of nitrogens with one attached hydrogen (secondary N) is 1. The maximum atomic E-state index is 12.4. The molecule has 0 radical (unpaired) electrons. The van der Waals surface area contributed by atoms with E-state index in [1.807, 2.05) is 47.6 Å². The van der Waals surface area contributed by atoms with Crippen LogP contribution in [0.2, 0.25) is 0 Å². The summed E-state index contributed by atoms with van der Waals surface area (Å²) in [6.07, 6.45) is 1.91. The molecule has 136 valence electrons. The molecule has 0 aromatic heterocycles. The zero-order valence-electron chi connectivity index (χ0n) is 16.2. The van der Waals surface area contributed by atoms with Gasteiger partial charge in [0.05, 0.1) is 0 Å². The first-order valence-electron chi connectivity index (χ1n) is 8.85. The lowest BCUT2D eigenvalue weighted by atomic mass is 10.1. The van der Waals surface area contributed by atoms with Crippen molar-refractivity contribution in [3.63, 3.8) is 0 Å². The minimum absolute atomic E-state index is 0.249. The highest BCUT2D eigenvalue weighted by molar-refractivity contribution is 5.69. The summed E-state index contributed by atoms with van der Waals surface area (Å²) in [6, 6.07) is 10.5. The Bertz CT molecular complexity index is 487. The van der Waals surface area contributed by atoms with Gasteiger partial charge in [-0.25, -0.2) is 4.79 Å². The van der Waals surface area contributed by atoms with E-state index in [9.17, 15) is 4.79 Å². The SMILES string of the molecule is CC(C)(C)OC(=O)N(CCNCCCc1ccccc1)C(C)(C)C. The third-order valence-corrected chi connectivity index (χ3v) is 3.60. The number of rotatable bonds is 7. The van der Waals surface area contributed by atoms with Gasteiger partial charge in [-0.2, -0.15) is 0 Å². The van der Waals surface area contributed by atoms with Crippen molar-refractivity contribution >= 4 is 6.09 Å². The number of ether oxygens (including phenoxy) is 1. The maximum Gasteiger partial charge on any atom is 0.410 e. The normalized spacial score (nSPS) is 12.1. The van der Waals surface area contributed by atoms with E-state index in [-0.39, 0.29) is 11.6 Å². The summed E-state index contributed by atoms with van der Waals surface area (Å²) in [7, 11) is 0. The molecule has 0 fully saturated rings. The molecule has 1 aromatic rings. The summed E-state index contributed by atoms with van der Waals surface area (Å²) in [5, 5.41) is 3.43. The second-order valence-electron chi connectivity index (χ2n) is 8.14. The van der Waals surface area contributed by atoms with E-state index in [0.717, 1.165) is 25.9 Å². The fourth-order valence-corrected chi connectivity index (χ4v) is 2.40. The zero-order valence-corrected chi connectivity index (χ0v) is 16.2.